The van der Waals surface area contributed by atoms with Crippen molar-refractivity contribution < 1.29 is 0 Å². The summed E-state index contributed by atoms with van der Waals surface area (Å²) in [7, 11) is 0. The molecule has 5 aromatic rings. The summed E-state index contributed by atoms with van der Waals surface area (Å²) >= 11 is 0. The van der Waals surface area contributed by atoms with Crippen LogP contribution in [0.25, 0.3) is 28.0 Å². The minimum Gasteiger partial charge on any atom is -0.322 e. The monoisotopic (exact) mass is 417 g/mol. The molecule has 3 heterocycles. The predicted molar refractivity (Wildman–Crippen MR) is 124 cm³/mol. The number of benzene rings is 2. The average molecular weight is 417 g/mol. The van der Waals surface area contributed by atoms with Crippen LogP contribution in [0.4, 0.5) is 11.6 Å². The van der Waals surface area contributed by atoms with Gasteiger partial charge >= 0.3 is 0 Å². The summed E-state index contributed by atoms with van der Waals surface area (Å²) in [5.74, 6) is 1.63. The molecule has 0 aliphatic rings. The van der Waals surface area contributed by atoms with Gasteiger partial charge in [-0.1, -0.05) is 48.5 Å². The van der Waals surface area contributed by atoms with Gasteiger partial charge < -0.3 is 5.32 Å². The van der Waals surface area contributed by atoms with Crippen LogP contribution in [-0.4, -0.2) is 25.0 Å². The van der Waals surface area contributed by atoms with Gasteiger partial charge in [0.25, 0.3) is 0 Å². The summed E-state index contributed by atoms with van der Waals surface area (Å²) in [6, 6.07) is 23.8. The first-order valence-corrected chi connectivity index (χ1v) is 10.2. The van der Waals surface area contributed by atoms with Gasteiger partial charge in [0.05, 0.1) is 17.4 Å². The van der Waals surface area contributed by atoms with Crippen molar-refractivity contribution in [1.29, 1.82) is 5.26 Å². The Kier molecular flexibility index (Phi) is 4.81. The molecule has 7 heteroatoms. The van der Waals surface area contributed by atoms with Crippen LogP contribution in [-0.2, 0) is 0 Å². The Bertz CT molecular complexity index is 1460. The molecule has 0 radical (unpaired) electrons. The van der Waals surface area contributed by atoms with Gasteiger partial charge in [-0.3, -0.25) is 0 Å². The molecule has 0 aliphatic carbocycles. The Hall–Kier alpha value is -4.57. The molecule has 5 rings (SSSR count). The van der Waals surface area contributed by atoms with Gasteiger partial charge in [0.2, 0.25) is 0 Å². The molecule has 3 aromatic heterocycles. The Morgan fingerprint density at radius 3 is 2.50 bits per heavy atom. The van der Waals surface area contributed by atoms with E-state index in [9.17, 15) is 5.26 Å². The van der Waals surface area contributed by atoms with E-state index in [2.05, 4.69) is 32.7 Å². The highest BCUT2D eigenvalue weighted by Gasteiger charge is 2.16. The van der Waals surface area contributed by atoms with Gasteiger partial charge in [0.1, 0.15) is 11.6 Å². The Morgan fingerprint density at radius 2 is 1.75 bits per heavy atom. The molecular formula is C25H19N7. The molecule has 0 bridgehead atoms. The summed E-state index contributed by atoms with van der Waals surface area (Å²) in [4.78, 5) is 4.82. The van der Waals surface area contributed by atoms with Gasteiger partial charge in [-0.25, -0.2) is 4.98 Å². The molecule has 0 unspecified atom stereocenters. The number of pyridine rings is 1. The van der Waals surface area contributed by atoms with Crippen molar-refractivity contribution in [3.05, 3.63) is 89.6 Å². The van der Waals surface area contributed by atoms with Crippen LogP contribution >= 0.6 is 0 Å². The fourth-order valence-electron chi connectivity index (χ4n) is 3.66. The molecule has 32 heavy (non-hydrogen) atoms. The van der Waals surface area contributed by atoms with Crippen molar-refractivity contribution in [2.75, 3.05) is 5.32 Å². The van der Waals surface area contributed by atoms with Crippen molar-refractivity contribution in [3.63, 3.8) is 0 Å². The standard InChI is InChI=1S/C25H19N7/c1-16-7-6-10-20-17(2)13-23(29-24(16)20)32-25(19(14-26)15-27-32)28-22-12-11-21(30-31-22)18-8-4-3-5-9-18/h3-13,15H,1-2H3,(H,28,31). The predicted octanol–water partition coefficient (Wildman–Crippen LogP) is 5.11. The molecule has 0 fully saturated rings. The van der Waals surface area contributed by atoms with E-state index < -0.39 is 0 Å². The second-order valence-electron chi connectivity index (χ2n) is 7.49. The molecule has 154 valence electrons. The number of nitriles is 1. The highest BCUT2D eigenvalue weighted by Crippen LogP contribution is 2.27. The van der Waals surface area contributed by atoms with Crippen LogP contribution in [0.3, 0.4) is 0 Å². The van der Waals surface area contributed by atoms with Gasteiger partial charge in [0.15, 0.2) is 17.5 Å². The smallest absolute Gasteiger partial charge is 0.156 e. The Labute approximate surface area is 185 Å². The van der Waals surface area contributed by atoms with E-state index in [1.807, 2.05) is 74.5 Å². The maximum Gasteiger partial charge on any atom is 0.156 e. The highest BCUT2D eigenvalue weighted by atomic mass is 15.4. The number of aromatic nitrogens is 5. The molecule has 0 spiro atoms. The topological polar surface area (TPSA) is 92.3 Å². The van der Waals surface area contributed by atoms with Crippen LogP contribution in [0.2, 0.25) is 0 Å². The number of para-hydroxylation sites is 1. The van der Waals surface area contributed by atoms with Gasteiger partial charge in [-0.2, -0.15) is 15.0 Å². The number of rotatable bonds is 4. The Balaban J connectivity index is 1.54. The fourth-order valence-corrected chi connectivity index (χ4v) is 3.66. The number of nitrogens with zero attached hydrogens (tertiary/aromatic N) is 6. The second-order valence-corrected chi connectivity index (χ2v) is 7.49. The lowest BCUT2D eigenvalue weighted by Crippen LogP contribution is -2.07. The Morgan fingerprint density at radius 1 is 0.906 bits per heavy atom. The number of fused-ring (bicyclic) bond motifs is 1. The average Bonchev–Trinajstić information content (AvgIpc) is 3.23. The summed E-state index contributed by atoms with van der Waals surface area (Å²) < 4.78 is 1.63. The van der Waals surface area contributed by atoms with Gasteiger partial charge in [-0.05, 0) is 43.2 Å². The lowest BCUT2D eigenvalue weighted by molar-refractivity contribution is 0.856. The normalized spacial score (nSPS) is 10.8. The summed E-state index contributed by atoms with van der Waals surface area (Å²) in [6.45, 7) is 4.08. The summed E-state index contributed by atoms with van der Waals surface area (Å²) in [6.07, 6.45) is 1.52. The minimum absolute atomic E-state index is 0.392. The second kappa shape index (κ2) is 7.93. The molecule has 0 saturated heterocycles. The van der Waals surface area contributed by atoms with Gasteiger partial charge in [-0.15, -0.1) is 10.2 Å². The minimum atomic E-state index is 0.392. The molecule has 0 saturated carbocycles. The number of hydrogen-bond acceptors (Lipinski definition) is 6. The van der Waals surface area contributed by atoms with Crippen LogP contribution in [0, 0.1) is 25.2 Å². The van der Waals surface area contributed by atoms with Gasteiger partial charge in [0, 0.05) is 10.9 Å². The van der Waals surface area contributed by atoms with Crippen LogP contribution in [0.15, 0.2) is 72.9 Å². The highest BCUT2D eigenvalue weighted by molar-refractivity contribution is 5.85. The molecule has 0 atom stereocenters. The lowest BCUT2D eigenvalue weighted by Gasteiger charge is -2.12. The van der Waals surface area contributed by atoms with E-state index in [0.717, 1.165) is 33.3 Å². The van der Waals surface area contributed by atoms with Crippen LogP contribution in [0.5, 0.6) is 0 Å². The van der Waals surface area contributed by atoms with E-state index >= 15 is 0 Å². The van der Waals surface area contributed by atoms with Crippen LogP contribution < -0.4 is 5.32 Å². The van der Waals surface area contributed by atoms with E-state index in [4.69, 9.17) is 4.98 Å². The number of anilines is 2. The van der Waals surface area contributed by atoms with Crippen molar-refractivity contribution in [1.82, 2.24) is 25.0 Å². The largest absolute Gasteiger partial charge is 0.322 e. The fraction of sp³-hybridized carbons (Fsp3) is 0.0800. The molecular weight excluding hydrogens is 398 g/mol. The third-order valence-electron chi connectivity index (χ3n) is 5.32. The van der Waals surface area contributed by atoms with E-state index in [1.165, 1.54) is 6.20 Å². The van der Waals surface area contributed by atoms with E-state index in [1.54, 1.807) is 4.68 Å². The molecule has 7 nitrogen and oxygen atoms in total. The zero-order valence-corrected chi connectivity index (χ0v) is 17.6. The van der Waals surface area contributed by atoms with E-state index in [0.29, 0.717) is 23.0 Å². The van der Waals surface area contributed by atoms with Crippen molar-refractivity contribution in [3.8, 4) is 23.1 Å². The lowest BCUT2D eigenvalue weighted by atomic mass is 10.1. The molecule has 1 N–H and O–H groups in total. The first-order chi connectivity index (χ1) is 15.6. The third kappa shape index (κ3) is 3.44. The first-order valence-electron chi connectivity index (χ1n) is 10.2. The number of hydrogen-bond donors (Lipinski definition) is 1. The zero-order valence-electron chi connectivity index (χ0n) is 17.6. The first kappa shape index (κ1) is 19.4. The summed E-state index contributed by atoms with van der Waals surface area (Å²) in [5, 5.41) is 26.9. The van der Waals surface area contributed by atoms with Crippen molar-refractivity contribution in [2.24, 2.45) is 0 Å². The number of nitrogens with one attached hydrogen (secondary N) is 1. The third-order valence-corrected chi connectivity index (χ3v) is 5.32. The zero-order chi connectivity index (χ0) is 22.1. The quantitative estimate of drug-likeness (QED) is 0.437. The SMILES string of the molecule is Cc1cc(-n2ncc(C#N)c2Nc2ccc(-c3ccccc3)nn2)nc2c(C)cccc12. The van der Waals surface area contributed by atoms with Crippen molar-refractivity contribution in [2.45, 2.75) is 13.8 Å². The summed E-state index contributed by atoms with van der Waals surface area (Å²) in [5.41, 5.74) is 5.23. The molecule has 2 aromatic carbocycles. The number of aryl methyl sites for hydroxylation is 2. The van der Waals surface area contributed by atoms with Crippen LogP contribution in [0.1, 0.15) is 16.7 Å². The van der Waals surface area contributed by atoms with E-state index in [-0.39, 0.29) is 0 Å². The van der Waals surface area contributed by atoms with Crippen molar-refractivity contribution >= 4 is 22.5 Å². The molecule has 0 amide bonds. The molecule has 0 aliphatic heterocycles. The maximum atomic E-state index is 9.62. The maximum absolute atomic E-state index is 9.62.